The van der Waals surface area contributed by atoms with E-state index in [1.807, 2.05) is 11.0 Å². The lowest BCUT2D eigenvalue weighted by atomic mass is 10.0. The van der Waals surface area contributed by atoms with Gasteiger partial charge < -0.3 is 10.6 Å². The summed E-state index contributed by atoms with van der Waals surface area (Å²) in [6.07, 6.45) is 3.71. The van der Waals surface area contributed by atoms with E-state index < -0.39 is 5.82 Å². The fraction of sp³-hybridized carbons (Fsp3) is 0.409. The van der Waals surface area contributed by atoms with Gasteiger partial charge in [0, 0.05) is 37.7 Å². The van der Waals surface area contributed by atoms with Crippen LogP contribution in [0.25, 0.3) is 11.3 Å². The van der Waals surface area contributed by atoms with Crippen molar-refractivity contribution in [1.29, 1.82) is 5.26 Å². The molecule has 7 heteroatoms. The van der Waals surface area contributed by atoms with Gasteiger partial charge in [0.15, 0.2) is 0 Å². The zero-order valence-corrected chi connectivity index (χ0v) is 16.3. The molecule has 0 spiro atoms. The molecule has 1 aliphatic carbocycles. The first-order valence-corrected chi connectivity index (χ1v) is 9.81. The van der Waals surface area contributed by atoms with Gasteiger partial charge in [0.25, 0.3) is 5.56 Å². The zero-order chi connectivity index (χ0) is 20.5. The van der Waals surface area contributed by atoms with E-state index in [-0.39, 0.29) is 22.7 Å². The van der Waals surface area contributed by atoms with Crippen molar-refractivity contribution in [2.45, 2.75) is 31.7 Å². The second-order valence-electron chi connectivity index (χ2n) is 7.67. The number of nitrogens with zero attached hydrogens (tertiary/aromatic N) is 4. The Kier molecular flexibility index (Phi) is 5.08. The van der Waals surface area contributed by atoms with E-state index in [9.17, 15) is 9.18 Å². The van der Waals surface area contributed by atoms with Crippen LogP contribution in [-0.2, 0) is 7.05 Å². The Labute approximate surface area is 168 Å². The van der Waals surface area contributed by atoms with Crippen molar-refractivity contribution in [1.82, 2.24) is 9.55 Å². The molecule has 0 radical (unpaired) electrons. The van der Waals surface area contributed by atoms with Crippen molar-refractivity contribution < 1.29 is 4.39 Å². The first-order valence-electron chi connectivity index (χ1n) is 9.81. The van der Waals surface area contributed by atoms with Gasteiger partial charge in [-0.2, -0.15) is 5.26 Å². The summed E-state index contributed by atoms with van der Waals surface area (Å²) in [7, 11) is 1.69. The second kappa shape index (κ2) is 7.69. The molecule has 4 rings (SSSR count). The maximum atomic E-state index is 14.3. The second-order valence-corrected chi connectivity index (χ2v) is 7.67. The van der Waals surface area contributed by atoms with Crippen molar-refractivity contribution in [3.63, 3.8) is 0 Å². The number of rotatable bonds is 2. The SMILES string of the molecule is Cn1c(N2CCC(N)CC2)nc(-c2ccc(C#N)c(F)c2)c(C#CC2CC2)c1=O. The van der Waals surface area contributed by atoms with Gasteiger partial charge in [0.1, 0.15) is 17.4 Å². The highest BCUT2D eigenvalue weighted by Gasteiger charge is 2.24. The number of aromatic nitrogens is 2. The van der Waals surface area contributed by atoms with Gasteiger partial charge >= 0.3 is 0 Å². The number of hydrogen-bond donors (Lipinski definition) is 1. The average Bonchev–Trinajstić information content (AvgIpc) is 3.54. The van der Waals surface area contributed by atoms with Crippen molar-refractivity contribution in [2.24, 2.45) is 18.7 Å². The monoisotopic (exact) mass is 391 g/mol. The number of halogens is 1. The summed E-state index contributed by atoms with van der Waals surface area (Å²) in [5.41, 5.74) is 6.76. The summed E-state index contributed by atoms with van der Waals surface area (Å²) >= 11 is 0. The highest BCUT2D eigenvalue weighted by atomic mass is 19.1. The normalized spacial score (nSPS) is 16.8. The number of hydrogen-bond acceptors (Lipinski definition) is 5. The van der Waals surface area contributed by atoms with E-state index >= 15 is 0 Å². The lowest BCUT2D eigenvalue weighted by molar-refractivity contribution is 0.490. The van der Waals surface area contributed by atoms with Crippen LogP contribution in [0.3, 0.4) is 0 Å². The standard InChI is InChI=1S/C22H22FN5O/c1-27-21(29)18(7-4-14-2-3-14)20(15-5-6-16(13-24)19(23)12-15)26-22(27)28-10-8-17(25)9-11-28/h5-6,12,14,17H,2-3,8-11,25H2,1H3. The largest absolute Gasteiger partial charge is 0.342 e. The Morgan fingerprint density at radius 3 is 2.59 bits per heavy atom. The van der Waals surface area contributed by atoms with Crippen LogP contribution in [0.1, 0.15) is 36.8 Å². The summed E-state index contributed by atoms with van der Waals surface area (Å²) in [5, 5.41) is 9.00. The lowest BCUT2D eigenvalue weighted by Gasteiger charge is -2.32. The van der Waals surface area contributed by atoms with E-state index in [1.165, 1.54) is 16.7 Å². The highest BCUT2D eigenvalue weighted by Crippen LogP contribution is 2.29. The van der Waals surface area contributed by atoms with Gasteiger partial charge in [0.2, 0.25) is 5.95 Å². The molecule has 1 saturated carbocycles. The predicted molar refractivity (Wildman–Crippen MR) is 109 cm³/mol. The molecular weight excluding hydrogens is 369 g/mol. The average molecular weight is 391 g/mol. The molecule has 0 bridgehead atoms. The van der Waals surface area contributed by atoms with Crippen molar-refractivity contribution >= 4 is 5.95 Å². The summed E-state index contributed by atoms with van der Waals surface area (Å²) in [4.78, 5) is 19.9. The molecule has 148 valence electrons. The quantitative estimate of drug-likeness (QED) is 0.793. The lowest BCUT2D eigenvalue weighted by Crippen LogP contribution is -2.42. The highest BCUT2D eigenvalue weighted by molar-refractivity contribution is 5.69. The van der Waals surface area contributed by atoms with Crippen LogP contribution in [0.2, 0.25) is 0 Å². The van der Waals surface area contributed by atoms with Gasteiger partial charge in [-0.15, -0.1) is 0 Å². The molecule has 2 fully saturated rings. The predicted octanol–water partition coefficient (Wildman–Crippen LogP) is 2.15. The molecule has 1 aromatic heterocycles. The molecule has 1 saturated heterocycles. The molecule has 0 amide bonds. The minimum absolute atomic E-state index is 0.0477. The third-order valence-electron chi connectivity index (χ3n) is 5.43. The smallest absolute Gasteiger partial charge is 0.271 e. The molecule has 0 unspecified atom stereocenters. The fourth-order valence-corrected chi connectivity index (χ4v) is 3.45. The summed E-state index contributed by atoms with van der Waals surface area (Å²) in [6.45, 7) is 1.41. The van der Waals surface area contributed by atoms with Crippen LogP contribution in [-0.4, -0.2) is 28.7 Å². The fourth-order valence-electron chi connectivity index (χ4n) is 3.45. The minimum Gasteiger partial charge on any atom is -0.342 e. The van der Waals surface area contributed by atoms with Crippen LogP contribution in [0.5, 0.6) is 0 Å². The van der Waals surface area contributed by atoms with E-state index in [4.69, 9.17) is 16.0 Å². The molecule has 2 heterocycles. The van der Waals surface area contributed by atoms with Crippen molar-refractivity contribution in [3.8, 4) is 29.2 Å². The first kappa shape index (κ1) is 19.2. The topological polar surface area (TPSA) is 87.9 Å². The van der Waals surface area contributed by atoms with Crippen LogP contribution >= 0.6 is 0 Å². The maximum Gasteiger partial charge on any atom is 0.271 e. The molecule has 6 nitrogen and oxygen atoms in total. The van der Waals surface area contributed by atoms with Crippen LogP contribution in [0.15, 0.2) is 23.0 Å². The Morgan fingerprint density at radius 1 is 1.24 bits per heavy atom. The Balaban J connectivity index is 1.86. The number of anilines is 1. The third-order valence-corrected chi connectivity index (χ3v) is 5.43. The Hall–Kier alpha value is -3.16. The number of piperidine rings is 1. The van der Waals surface area contributed by atoms with Gasteiger partial charge in [0.05, 0.1) is 11.3 Å². The number of nitrogens with two attached hydrogens (primary N) is 1. The molecular formula is C22H22FN5O. The van der Waals surface area contributed by atoms with E-state index in [2.05, 4.69) is 11.8 Å². The summed E-state index contributed by atoms with van der Waals surface area (Å²) < 4.78 is 15.8. The van der Waals surface area contributed by atoms with E-state index in [0.29, 0.717) is 36.2 Å². The third kappa shape index (κ3) is 3.87. The molecule has 2 aliphatic rings. The Bertz CT molecular complexity index is 1110. The van der Waals surface area contributed by atoms with Crippen molar-refractivity contribution in [3.05, 3.63) is 45.5 Å². The maximum absolute atomic E-state index is 14.3. The van der Waals surface area contributed by atoms with Crippen LogP contribution < -0.4 is 16.2 Å². The minimum atomic E-state index is -0.640. The summed E-state index contributed by atoms with van der Waals surface area (Å²) in [5.74, 6) is 6.31. The van der Waals surface area contributed by atoms with E-state index in [1.54, 1.807) is 13.1 Å². The molecule has 2 N–H and O–H groups in total. The molecule has 1 aliphatic heterocycles. The zero-order valence-electron chi connectivity index (χ0n) is 16.3. The number of benzene rings is 1. The summed E-state index contributed by atoms with van der Waals surface area (Å²) in [6, 6.07) is 6.23. The Morgan fingerprint density at radius 2 is 1.97 bits per heavy atom. The van der Waals surface area contributed by atoms with Crippen LogP contribution in [0.4, 0.5) is 10.3 Å². The molecule has 0 atom stereocenters. The molecule has 1 aromatic carbocycles. The van der Waals surface area contributed by atoms with Gasteiger partial charge in [-0.05, 0) is 37.8 Å². The first-order chi connectivity index (χ1) is 14.0. The van der Waals surface area contributed by atoms with Crippen LogP contribution in [0, 0.1) is 34.9 Å². The van der Waals surface area contributed by atoms with Gasteiger partial charge in [-0.25, -0.2) is 9.37 Å². The van der Waals surface area contributed by atoms with Gasteiger partial charge in [-0.3, -0.25) is 9.36 Å². The van der Waals surface area contributed by atoms with Gasteiger partial charge in [-0.1, -0.05) is 17.9 Å². The molecule has 29 heavy (non-hydrogen) atoms. The number of nitriles is 1. The molecule has 2 aromatic rings. The van der Waals surface area contributed by atoms with E-state index in [0.717, 1.165) is 25.7 Å². The van der Waals surface area contributed by atoms with Crippen molar-refractivity contribution in [2.75, 3.05) is 18.0 Å².